The molecule has 0 atom stereocenters. The van der Waals surface area contributed by atoms with Gasteiger partial charge in [0.2, 0.25) is 0 Å². The number of carboxylic acid groups (broad SMARTS) is 1. The fraction of sp³-hybridized carbons (Fsp3) is 0.818. The fourth-order valence-corrected chi connectivity index (χ4v) is 2.50. The first-order chi connectivity index (χ1) is 8.08. The van der Waals surface area contributed by atoms with E-state index in [1.165, 1.54) is 0 Å². The van der Waals surface area contributed by atoms with Gasteiger partial charge in [-0.05, 0) is 18.3 Å². The van der Waals surface area contributed by atoms with Crippen molar-refractivity contribution >= 4 is 23.7 Å². The monoisotopic (exact) mass is 263 g/mol. The van der Waals surface area contributed by atoms with Crippen molar-refractivity contribution in [3.63, 3.8) is 0 Å². The Morgan fingerprint density at radius 3 is 2.47 bits per heavy atom. The van der Waals surface area contributed by atoms with Crippen LogP contribution in [0.3, 0.4) is 0 Å². The van der Waals surface area contributed by atoms with Crippen molar-refractivity contribution in [3.05, 3.63) is 0 Å². The highest BCUT2D eigenvalue weighted by Crippen LogP contribution is 2.38. The van der Waals surface area contributed by atoms with Gasteiger partial charge in [0.1, 0.15) is 0 Å². The van der Waals surface area contributed by atoms with Gasteiger partial charge >= 0.3 is 12.1 Å². The highest BCUT2D eigenvalue weighted by Gasteiger charge is 2.34. The van der Waals surface area contributed by atoms with E-state index in [0.717, 1.165) is 32.1 Å². The third-order valence-corrected chi connectivity index (χ3v) is 3.34. The number of carbonyl (C=O) groups is 2. The van der Waals surface area contributed by atoms with E-state index >= 15 is 0 Å². The van der Waals surface area contributed by atoms with Gasteiger partial charge in [-0.25, -0.2) is 4.79 Å². The summed E-state index contributed by atoms with van der Waals surface area (Å²) in [6.07, 6.45) is 4.33. The van der Waals surface area contributed by atoms with Crippen molar-refractivity contribution in [3.8, 4) is 0 Å². The Morgan fingerprint density at radius 1 is 1.29 bits per heavy atom. The van der Waals surface area contributed by atoms with E-state index in [1.807, 2.05) is 0 Å². The predicted octanol–water partition coefficient (Wildman–Crippen LogP) is 2.33. The molecule has 2 N–H and O–H groups in total. The molecule has 0 bridgehead atoms. The van der Waals surface area contributed by atoms with Crippen LogP contribution in [0.1, 0.15) is 38.5 Å². The Kier molecular flexibility index (Phi) is 5.55. The first-order valence-corrected chi connectivity index (χ1v) is 6.30. The number of ether oxygens (including phenoxy) is 1. The minimum atomic E-state index is -0.820. The van der Waals surface area contributed by atoms with Crippen molar-refractivity contribution in [1.82, 2.24) is 5.32 Å². The first-order valence-electron chi connectivity index (χ1n) is 5.76. The van der Waals surface area contributed by atoms with Gasteiger partial charge in [-0.3, -0.25) is 4.79 Å². The highest BCUT2D eigenvalue weighted by atomic mass is 35.5. The number of alkyl carbamates (subject to hydrolysis) is 1. The fourth-order valence-electron chi connectivity index (χ4n) is 2.40. The Morgan fingerprint density at radius 2 is 1.94 bits per heavy atom. The van der Waals surface area contributed by atoms with Crippen molar-refractivity contribution in [2.75, 3.05) is 12.6 Å². The zero-order valence-corrected chi connectivity index (χ0v) is 10.5. The molecule has 0 aromatic carbocycles. The predicted molar refractivity (Wildman–Crippen MR) is 63.0 cm³/mol. The Balaban J connectivity index is 2.51. The molecule has 0 aliphatic heterocycles. The van der Waals surface area contributed by atoms with Gasteiger partial charge in [-0.1, -0.05) is 30.9 Å². The molecule has 0 saturated heterocycles. The molecule has 1 aliphatic rings. The molecule has 1 saturated carbocycles. The molecule has 0 aromatic rings. The van der Waals surface area contributed by atoms with E-state index in [1.54, 1.807) is 0 Å². The minimum absolute atomic E-state index is 0.0914. The number of carbonyl (C=O) groups excluding carboxylic acids is 1. The molecule has 1 aliphatic carbocycles. The topological polar surface area (TPSA) is 75.6 Å². The smallest absolute Gasteiger partial charge is 0.408 e. The number of halogens is 1. The largest absolute Gasteiger partial charge is 0.481 e. The summed E-state index contributed by atoms with van der Waals surface area (Å²) in [5, 5.41) is 11.5. The van der Waals surface area contributed by atoms with Crippen LogP contribution in [-0.4, -0.2) is 29.8 Å². The summed E-state index contributed by atoms with van der Waals surface area (Å²) in [6.45, 7) is 0.342. The number of rotatable bonds is 5. The highest BCUT2D eigenvalue weighted by molar-refractivity contribution is 6.17. The van der Waals surface area contributed by atoms with E-state index in [2.05, 4.69) is 10.1 Å². The maximum Gasteiger partial charge on any atom is 0.408 e. The van der Waals surface area contributed by atoms with Gasteiger partial charge < -0.3 is 15.2 Å². The van der Waals surface area contributed by atoms with Crippen LogP contribution in [0.15, 0.2) is 0 Å². The molecule has 17 heavy (non-hydrogen) atoms. The van der Waals surface area contributed by atoms with Crippen LogP contribution in [0.5, 0.6) is 0 Å². The van der Waals surface area contributed by atoms with Gasteiger partial charge in [0.15, 0.2) is 6.07 Å². The van der Waals surface area contributed by atoms with Crippen molar-refractivity contribution < 1.29 is 19.4 Å². The van der Waals surface area contributed by atoms with Crippen LogP contribution in [0.4, 0.5) is 4.79 Å². The number of hydrogen-bond acceptors (Lipinski definition) is 3. The Hall–Kier alpha value is -0.970. The molecule has 1 fully saturated rings. The summed E-state index contributed by atoms with van der Waals surface area (Å²) >= 11 is 5.26. The van der Waals surface area contributed by atoms with Crippen LogP contribution < -0.4 is 5.32 Å². The second-order valence-corrected chi connectivity index (χ2v) is 4.74. The van der Waals surface area contributed by atoms with E-state index < -0.39 is 12.1 Å². The normalized spacial score (nSPS) is 18.4. The van der Waals surface area contributed by atoms with Crippen molar-refractivity contribution in [2.24, 2.45) is 5.41 Å². The van der Waals surface area contributed by atoms with Crippen LogP contribution in [0.25, 0.3) is 0 Å². The van der Waals surface area contributed by atoms with Crippen LogP contribution >= 0.6 is 11.6 Å². The molecular weight excluding hydrogens is 246 g/mol. The minimum Gasteiger partial charge on any atom is -0.481 e. The molecular formula is C11H18ClNO4. The lowest BCUT2D eigenvalue weighted by Gasteiger charge is -2.36. The lowest BCUT2D eigenvalue weighted by molar-refractivity contribution is -0.140. The number of alkyl halides is 1. The molecule has 1 rings (SSSR count). The quantitative estimate of drug-likeness (QED) is 0.747. The van der Waals surface area contributed by atoms with E-state index in [-0.39, 0.29) is 17.9 Å². The third-order valence-electron chi connectivity index (χ3n) is 3.23. The van der Waals surface area contributed by atoms with Gasteiger partial charge in [0.05, 0.1) is 6.42 Å². The van der Waals surface area contributed by atoms with Crippen molar-refractivity contribution in [2.45, 2.75) is 38.5 Å². The Labute approximate surface area is 105 Å². The van der Waals surface area contributed by atoms with Gasteiger partial charge in [-0.2, -0.15) is 0 Å². The molecule has 98 valence electrons. The maximum atomic E-state index is 11.1. The average Bonchev–Trinajstić information content (AvgIpc) is 2.27. The maximum absolute atomic E-state index is 11.1. The number of aliphatic carboxylic acids is 1. The average molecular weight is 264 g/mol. The van der Waals surface area contributed by atoms with E-state index in [4.69, 9.17) is 16.7 Å². The molecule has 0 aromatic heterocycles. The molecule has 0 spiro atoms. The number of carboxylic acids is 1. The second kappa shape index (κ2) is 6.69. The number of amides is 1. The summed E-state index contributed by atoms with van der Waals surface area (Å²) in [6, 6.07) is -0.197. The standard InChI is InChI=1S/C11H18ClNO4/c12-8-17-10(16)13-7-11(6-9(14)15)4-2-1-3-5-11/h1-8H2,(H,13,16)(H,14,15). The molecule has 5 nitrogen and oxygen atoms in total. The molecule has 0 heterocycles. The second-order valence-electron chi connectivity index (χ2n) is 4.53. The van der Waals surface area contributed by atoms with Crippen molar-refractivity contribution in [1.29, 1.82) is 0 Å². The Bertz CT molecular complexity index is 277. The lowest BCUT2D eigenvalue weighted by Crippen LogP contribution is -2.40. The summed E-state index contributed by atoms with van der Waals surface area (Å²) < 4.78 is 4.55. The van der Waals surface area contributed by atoms with Crippen LogP contribution in [0.2, 0.25) is 0 Å². The third kappa shape index (κ3) is 4.81. The van der Waals surface area contributed by atoms with Gasteiger partial charge in [0.25, 0.3) is 0 Å². The number of nitrogens with one attached hydrogen (secondary N) is 1. The van der Waals surface area contributed by atoms with E-state index in [9.17, 15) is 9.59 Å². The summed E-state index contributed by atoms with van der Waals surface area (Å²) in [5.74, 6) is -0.820. The number of hydrogen-bond donors (Lipinski definition) is 2. The first kappa shape index (κ1) is 14.1. The summed E-state index contributed by atoms with van der Waals surface area (Å²) in [4.78, 5) is 22.0. The molecule has 6 heteroatoms. The van der Waals surface area contributed by atoms with Gasteiger partial charge in [-0.15, -0.1) is 0 Å². The zero-order chi connectivity index (χ0) is 12.7. The molecule has 0 unspecified atom stereocenters. The lowest BCUT2D eigenvalue weighted by atomic mass is 9.72. The van der Waals surface area contributed by atoms with Gasteiger partial charge in [0, 0.05) is 6.54 Å². The molecule has 0 radical (unpaired) electrons. The van der Waals surface area contributed by atoms with Crippen LogP contribution in [0, 0.1) is 5.41 Å². The zero-order valence-electron chi connectivity index (χ0n) is 9.71. The van der Waals surface area contributed by atoms with E-state index in [0.29, 0.717) is 6.54 Å². The summed E-state index contributed by atoms with van der Waals surface area (Å²) in [7, 11) is 0. The summed E-state index contributed by atoms with van der Waals surface area (Å²) in [5.41, 5.74) is -0.324. The molecule has 1 amide bonds. The SMILES string of the molecule is O=C(O)CC1(CNC(=O)OCCl)CCCCC1. The van der Waals surface area contributed by atoms with Crippen LogP contribution in [-0.2, 0) is 9.53 Å².